The van der Waals surface area contributed by atoms with E-state index in [1.54, 1.807) is 6.07 Å². The van der Waals surface area contributed by atoms with Gasteiger partial charge in [-0.2, -0.15) is 0 Å². The van der Waals surface area contributed by atoms with Gasteiger partial charge in [-0.05, 0) is 69.5 Å². The molecule has 0 bridgehead atoms. The summed E-state index contributed by atoms with van der Waals surface area (Å²) in [5, 5.41) is 3.64. The first-order valence-electron chi connectivity index (χ1n) is 12.5. The van der Waals surface area contributed by atoms with Crippen LogP contribution in [0.25, 0.3) is 32.7 Å². The van der Waals surface area contributed by atoms with E-state index >= 15 is 0 Å². The van der Waals surface area contributed by atoms with Crippen LogP contribution in [0.3, 0.4) is 0 Å². The molecule has 0 amide bonds. The monoisotopic (exact) mass is 536 g/mol. The highest BCUT2D eigenvalue weighted by atomic mass is 32.2. The molecule has 0 heterocycles. The minimum absolute atomic E-state index is 0.0445. The van der Waals surface area contributed by atoms with Crippen molar-refractivity contribution in [2.75, 3.05) is 0 Å². The Labute approximate surface area is 225 Å². The van der Waals surface area contributed by atoms with Crippen molar-refractivity contribution < 1.29 is 17.2 Å². The summed E-state index contributed by atoms with van der Waals surface area (Å²) in [6, 6.07) is 19.9. The summed E-state index contributed by atoms with van der Waals surface area (Å²) in [7, 11) is 0. The third-order valence-corrected chi connectivity index (χ3v) is 8.57. The summed E-state index contributed by atoms with van der Waals surface area (Å²) in [4.78, 5) is 0.773. The molecule has 4 nitrogen and oxygen atoms in total. The van der Waals surface area contributed by atoms with E-state index in [-0.39, 0.29) is 21.8 Å². The number of rotatable bonds is 5. The molecule has 1 N–H and O–H groups in total. The summed E-state index contributed by atoms with van der Waals surface area (Å²) in [5.74, 6) is 0. The van der Waals surface area contributed by atoms with Gasteiger partial charge in [-0.1, -0.05) is 90.1 Å². The predicted octanol–water partition coefficient (Wildman–Crippen LogP) is 8.28. The van der Waals surface area contributed by atoms with E-state index in [9.17, 15) is 13.0 Å². The Morgan fingerprint density at radius 1 is 0.676 bits per heavy atom. The molecule has 0 aliphatic rings. The standard InChI is InChI=1S/C31H36O4S2/c1-19(2)35-37(34)27-16-10-21-18-23(31(6,7)8)12-14-25(21)29(27)28-24-13-11-22(30(3,4)5)17-20(24)9-15-26(28)36(32)33/h9-19H,1-8H3,(H,32,33). The van der Waals surface area contributed by atoms with Gasteiger partial charge in [-0.15, -0.1) is 0 Å². The number of hydrogen-bond acceptors (Lipinski definition) is 3. The van der Waals surface area contributed by atoms with Crippen LogP contribution in [-0.2, 0) is 37.2 Å². The molecular weight excluding hydrogens is 500 g/mol. The fourth-order valence-corrected chi connectivity index (χ4v) is 6.16. The van der Waals surface area contributed by atoms with Crippen molar-refractivity contribution in [1.82, 2.24) is 0 Å². The minimum atomic E-state index is -2.25. The van der Waals surface area contributed by atoms with Crippen molar-refractivity contribution >= 4 is 43.7 Å². The summed E-state index contributed by atoms with van der Waals surface area (Å²) in [6.07, 6.45) is -0.249. The van der Waals surface area contributed by atoms with E-state index in [2.05, 4.69) is 65.8 Å². The lowest BCUT2D eigenvalue weighted by Crippen LogP contribution is -2.11. The van der Waals surface area contributed by atoms with Gasteiger partial charge in [0.15, 0.2) is 22.2 Å². The molecule has 0 aliphatic carbocycles. The highest BCUT2D eigenvalue weighted by Crippen LogP contribution is 2.43. The minimum Gasteiger partial charge on any atom is -0.302 e. The smallest absolute Gasteiger partial charge is 0.190 e. The Kier molecular flexibility index (Phi) is 7.52. The van der Waals surface area contributed by atoms with E-state index in [0.717, 1.165) is 21.5 Å². The maximum absolute atomic E-state index is 13.5. The molecule has 0 spiro atoms. The average molecular weight is 537 g/mol. The molecule has 4 aromatic rings. The van der Waals surface area contributed by atoms with Gasteiger partial charge in [0.25, 0.3) is 0 Å². The lowest BCUT2D eigenvalue weighted by atomic mass is 9.83. The Balaban J connectivity index is 2.16. The zero-order valence-electron chi connectivity index (χ0n) is 22.8. The highest BCUT2D eigenvalue weighted by molar-refractivity contribution is 7.80. The molecule has 0 saturated heterocycles. The van der Waals surface area contributed by atoms with Gasteiger partial charge in [-0.3, -0.25) is 4.18 Å². The molecule has 6 heteroatoms. The molecule has 0 saturated carbocycles. The van der Waals surface area contributed by atoms with Gasteiger partial charge >= 0.3 is 0 Å². The van der Waals surface area contributed by atoms with Crippen LogP contribution in [0.2, 0.25) is 0 Å². The van der Waals surface area contributed by atoms with Crippen LogP contribution < -0.4 is 0 Å². The summed E-state index contributed by atoms with van der Waals surface area (Å²) < 4.78 is 42.2. The molecule has 2 atom stereocenters. The molecule has 0 aliphatic heterocycles. The molecule has 0 fully saturated rings. The molecule has 0 radical (unpaired) electrons. The number of benzene rings is 4. The summed E-state index contributed by atoms with van der Waals surface area (Å²) in [5.41, 5.74) is 3.54. The predicted molar refractivity (Wildman–Crippen MR) is 156 cm³/mol. The number of hydrogen-bond donors (Lipinski definition) is 1. The van der Waals surface area contributed by atoms with Crippen LogP contribution in [-0.4, -0.2) is 19.1 Å². The first kappa shape index (κ1) is 27.6. The largest absolute Gasteiger partial charge is 0.302 e. The number of fused-ring (bicyclic) bond motifs is 2. The lowest BCUT2D eigenvalue weighted by Gasteiger charge is -2.23. The van der Waals surface area contributed by atoms with E-state index in [1.165, 1.54) is 11.1 Å². The molecular formula is C31H36O4S2. The molecule has 37 heavy (non-hydrogen) atoms. The Bertz CT molecular complexity index is 1540. The topological polar surface area (TPSA) is 63.6 Å². The second-order valence-corrected chi connectivity index (χ2v) is 13.9. The van der Waals surface area contributed by atoms with Crippen LogP contribution in [0.5, 0.6) is 0 Å². The second kappa shape index (κ2) is 10.1. The van der Waals surface area contributed by atoms with Crippen LogP contribution in [0.4, 0.5) is 0 Å². The highest BCUT2D eigenvalue weighted by Gasteiger charge is 2.25. The van der Waals surface area contributed by atoms with Gasteiger partial charge in [0.05, 0.1) is 15.9 Å². The van der Waals surface area contributed by atoms with Gasteiger partial charge in [0, 0.05) is 11.1 Å². The van der Waals surface area contributed by atoms with Crippen molar-refractivity contribution in [2.45, 2.75) is 82.1 Å². The van der Waals surface area contributed by atoms with E-state index in [4.69, 9.17) is 4.18 Å². The first-order valence-corrected chi connectivity index (χ1v) is 14.7. The van der Waals surface area contributed by atoms with Crippen molar-refractivity contribution in [1.29, 1.82) is 0 Å². The van der Waals surface area contributed by atoms with Crippen LogP contribution in [0.1, 0.15) is 66.5 Å². The SMILES string of the molecule is CC(C)OS(=O)c1ccc2cc(C(C)(C)C)ccc2c1-c1c(S(=O)O)ccc2cc(C(C)(C)C)ccc12. The van der Waals surface area contributed by atoms with Gasteiger partial charge in [0.1, 0.15) is 0 Å². The first-order chi connectivity index (χ1) is 17.2. The van der Waals surface area contributed by atoms with Crippen molar-refractivity contribution in [2.24, 2.45) is 0 Å². The molecule has 4 rings (SSSR count). The van der Waals surface area contributed by atoms with E-state index in [0.29, 0.717) is 16.0 Å². The second-order valence-electron chi connectivity index (χ2n) is 11.9. The van der Waals surface area contributed by atoms with Crippen molar-refractivity contribution in [3.05, 3.63) is 71.8 Å². The normalized spacial score (nSPS) is 14.4. The fourth-order valence-electron chi connectivity index (χ4n) is 4.58. The zero-order valence-corrected chi connectivity index (χ0v) is 24.5. The fraction of sp³-hybridized carbons (Fsp3) is 0.355. The molecule has 196 valence electrons. The maximum atomic E-state index is 13.5. The molecule has 0 aromatic heterocycles. The van der Waals surface area contributed by atoms with E-state index in [1.807, 2.05) is 44.2 Å². The van der Waals surface area contributed by atoms with Gasteiger partial charge in [0.2, 0.25) is 0 Å². The summed E-state index contributed by atoms with van der Waals surface area (Å²) >= 11 is -4.02. The average Bonchev–Trinajstić information content (AvgIpc) is 2.80. The van der Waals surface area contributed by atoms with Crippen molar-refractivity contribution in [3.63, 3.8) is 0 Å². The van der Waals surface area contributed by atoms with Gasteiger partial charge < -0.3 is 4.55 Å². The maximum Gasteiger partial charge on any atom is 0.190 e. The van der Waals surface area contributed by atoms with Crippen LogP contribution in [0.15, 0.2) is 70.5 Å². The third-order valence-electron chi connectivity index (χ3n) is 6.59. The van der Waals surface area contributed by atoms with E-state index < -0.39 is 22.2 Å². The quantitative estimate of drug-likeness (QED) is 0.261. The van der Waals surface area contributed by atoms with Crippen LogP contribution >= 0.6 is 0 Å². The Morgan fingerprint density at radius 2 is 1.11 bits per heavy atom. The van der Waals surface area contributed by atoms with Gasteiger partial charge in [-0.25, -0.2) is 8.42 Å². The molecule has 2 unspecified atom stereocenters. The Morgan fingerprint density at radius 3 is 1.51 bits per heavy atom. The van der Waals surface area contributed by atoms with Crippen LogP contribution in [0, 0.1) is 0 Å². The molecule has 4 aromatic carbocycles. The third kappa shape index (κ3) is 5.58. The lowest BCUT2D eigenvalue weighted by molar-refractivity contribution is 0.270. The Hall–Kier alpha value is -2.38. The zero-order chi connectivity index (χ0) is 27.3. The summed E-state index contributed by atoms with van der Waals surface area (Å²) in [6.45, 7) is 16.7. The van der Waals surface area contributed by atoms with Crippen molar-refractivity contribution in [3.8, 4) is 11.1 Å².